The molecule has 1 fully saturated rings. The number of hydrogen-bond donors (Lipinski definition) is 0. The Kier molecular flexibility index (Phi) is 6.20. The number of benzene rings is 1. The number of halogens is 1. The van der Waals surface area contributed by atoms with Crippen LogP contribution in [0.15, 0.2) is 35.6 Å². The van der Waals surface area contributed by atoms with Gasteiger partial charge in [-0.05, 0) is 49.7 Å². The molecule has 33 heavy (non-hydrogen) atoms. The fraction of sp³-hybridized carbons (Fsp3) is 0.375. The Morgan fingerprint density at radius 1 is 1.27 bits per heavy atom. The number of hydrazone groups is 1. The summed E-state index contributed by atoms with van der Waals surface area (Å²) in [6.45, 7) is 8.88. The second kappa shape index (κ2) is 9.08. The van der Waals surface area contributed by atoms with Crippen molar-refractivity contribution in [1.82, 2.24) is 14.8 Å². The van der Waals surface area contributed by atoms with Crippen LogP contribution in [0.3, 0.4) is 0 Å². The first kappa shape index (κ1) is 22.6. The highest BCUT2D eigenvalue weighted by atomic mass is 19.1. The topological polar surface area (TPSA) is 92.9 Å². The average Bonchev–Trinajstić information content (AvgIpc) is 3.21. The van der Waals surface area contributed by atoms with Crippen molar-refractivity contribution in [3.8, 4) is 6.07 Å². The average molecular weight is 449 g/mol. The molecule has 0 N–H and O–H groups in total. The van der Waals surface area contributed by atoms with Gasteiger partial charge in [-0.3, -0.25) is 14.5 Å². The van der Waals surface area contributed by atoms with E-state index in [-0.39, 0.29) is 28.8 Å². The summed E-state index contributed by atoms with van der Waals surface area (Å²) in [5, 5.41) is 14.3. The van der Waals surface area contributed by atoms with Crippen molar-refractivity contribution in [2.24, 2.45) is 5.10 Å². The predicted octanol–water partition coefficient (Wildman–Crippen LogP) is 2.68. The molecule has 0 radical (unpaired) electrons. The third-order valence-electron chi connectivity index (χ3n) is 6.36. The molecule has 2 unspecified atom stereocenters. The van der Waals surface area contributed by atoms with E-state index in [0.29, 0.717) is 30.3 Å². The molecule has 0 aliphatic carbocycles. The van der Waals surface area contributed by atoms with Crippen molar-refractivity contribution in [3.05, 3.63) is 58.5 Å². The Balaban J connectivity index is 1.48. The summed E-state index contributed by atoms with van der Waals surface area (Å²) in [5.74, 6) is -1.59. The summed E-state index contributed by atoms with van der Waals surface area (Å²) in [4.78, 5) is 34.3. The highest BCUT2D eigenvalue weighted by molar-refractivity contribution is 6.12. The van der Waals surface area contributed by atoms with Gasteiger partial charge in [0.05, 0.1) is 11.1 Å². The standard InChI is InChI=1S/C24H25FN6O2/c1-4-29-9-10-30(14-15(29)2)23(32)18-6-8-21(27-12-18)31-24(33)20(13-28-31)19-7-5-17(11-26)22(25)16(19)3/h5-8,12-13,15,20H,4,9-10,14H2,1-3H3. The van der Waals surface area contributed by atoms with Gasteiger partial charge >= 0.3 is 0 Å². The van der Waals surface area contributed by atoms with Crippen LogP contribution in [-0.2, 0) is 4.79 Å². The van der Waals surface area contributed by atoms with Gasteiger partial charge in [0.2, 0.25) is 0 Å². The summed E-state index contributed by atoms with van der Waals surface area (Å²) in [5.41, 5.74) is 1.08. The molecule has 2 aliphatic rings. The second-order valence-electron chi connectivity index (χ2n) is 8.28. The van der Waals surface area contributed by atoms with Crippen LogP contribution in [0, 0.1) is 24.1 Å². The summed E-state index contributed by atoms with van der Waals surface area (Å²) in [6.07, 6.45) is 2.89. The Hall–Kier alpha value is -3.64. The Labute approximate surface area is 191 Å². The fourth-order valence-corrected chi connectivity index (χ4v) is 4.36. The maximum atomic E-state index is 14.4. The molecule has 8 nitrogen and oxygen atoms in total. The van der Waals surface area contributed by atoms with E-state index in [0.717, 1.165) is 18.1 Å². The predicted molar refractivity (Wildman–Crippen MR) is 121 cm³/mol. The van der Waals surface area contributed by atoms with Gasteiger partial charge in [-0.2, -0.15) is 15.4 Å². The summed E-state index contributed by atoms with van der Waals surface area (Å²) < 4.78 is 14.4. The van der Waals surface area contributed by atoms with Crippen LogP contribution >= 0.6 is 0 Å². The Morgan fingerprint density at radius 3 is 2.70 bits per heavy atom. The van der Waals surface area contributed by atoms with Gasteiger partial charge in [0.15, 0.2) is 5.82 Å². The Bertz CT molecular complexity index is 1160. The van der Waals surface area contributed by atoms with Gasteiger partial charge in [-0.25, -0.2) is 9.37 Å². The van der Waals surface area contributed by atoms with Gasteiger partial charge in [0, 0.05) is 38.1 Å². The van der Waals surface area contributed by atoms with Crippen molar-refractivity contribution in [2.75, 3.05) is 31.2 Å². The lowest BCUT2D eigenvalue weighted by molar-refractivity contribution is -0.118. The molecule has 1 aromatic carbocycles. The van der Waals surface area contributed by atoms with Crippen LogP contribution in [0.2, 0.25) is 0 Å². The maximum Gasteiger partial charge on any atom is 0.261 e. The molecule has 9 heteroatoms. The molecule has 1 saturated heterocycles. The first-order valence-electron chi connectivity index (χ1n) is 10.9. The molecule has 0 spiro atoms. The number of aromatic nitrogens is 1. The van der Waals surface area contributed by atoms with E-state index in [1.165, 1.54) is 25.4 Å². The van der Waals surface area contributed by atoms with Crippen molar-refractivity contribution in [2.45, 2.75) is 32.7 Å². The fourth-order valence-electron chi connectivity index (χ4n) is 4.36. The largest absolute Gasteiger partial charge is 0.336 e. The van der Waals surface area contributed by atoms with Gasteiger partial charge in [0.25, 0.3) is 11.8 Å². The molecular weight excluding hydrogens is 423 g/mol. The molecule has 4 rings (SSSR count). The van der Waals surface area contributed by atoms with Crippen LogP contribution in [0.5, 0.6) is 0 Å². The molecule has 0 bridgehead atoms. The number of nitriles is 1. The SMILES string of the molecule is CCN1CCN(C(=O)c2ccc(N3N=CC(c4ccc(C#N)c(F)c4C)C3=O)nc2)CC1C. The van der Waals surface area contributed by atoms with E-state index in [9.17, 15) is 14.0 Å². The number of pyridine rings is 1. The van der Waals surface area contributed by atoms with Crippen LogP contribution in [0.4, 0.5) is 10.2 Å². The number of likely N-dealkylation sites (N-methyl/N-ethyl adjacent to an activating group) is 1. The molecule has 0 saturated carbocycles. The van der Waals surface area contributed by atoms with Gasteiger partial charge in [0.1, 0.15) is 17.8 Å². The lowest BCUT2D eigenvalue weighted by atomic mass is 9.93. The third-order valence-corrected chi connectivity index (χ3v) is 6.36. The number of amides is 2. The highest BCUT2D eigenvalue weighted by Crippen LogP contribution is 2.30. The van der Waals surface area contributed by atoms with E-state index in [4.69, 9.17) is 5.26 Å². The summed E-state index contributed by atoms with van der Waals surface area (Å²) in [7, 11) is 0. The lowest BCUT2D eigenvalue weighted by Crippen LogP contribution is -2.53. The number of rotatable bonds is 4. The highest BCUT2D eigenvalue weighted by Gasteiger charge is 2.34. The molecule has 2 aliphatic heterocycles. The van der Waals surface area contributed by atoms with Gasteiger partial charge in [-0.15, -0.1) is 0 Å². The van der Waals surface area contributed by atoms with E-state index in [1.54, 1.807) is 24.3 Å². The van der Waals surface area contributed by atoms with Crippen LogP contribution in [0.1, 0.15) is 46.8 Å². The van der Waals surface area contributed by atoms with Crippen LogP contribution < -0.4 is 5.01 Å². The normalized spacial score (nSPS) is 20.9. The molecule has 1 aromatic heterocycles. The van der Waals surface area contributed by atoms with Crippen molar-refractivity contribution >= 4 is 23.8 Å². The number of hydrogen-bond acceptors (Lipinski definition) is 6. The minimum absolute atomic E-state index is 0.0667. The zero-order valence-corrected chi connectivity index (χ0v) is 18.8. The first-order chi connectivity index (χ1) is 15.8. The van der Waals surface area contributed by atoms with Gasteiger partial charge < -0.3 is 4.90 Å². The minimum atomic E-state index is -0.772. The smallest absolute Gasteiger partial charge is 0.261 e. The third kappa shape index (κ3) is 4.10. The van der Waals surface area contributed by atoms with Crippen LogP contribution in [0.25, 0.3) is 0 Å². The quantitative estimate of drug-likeness (QED) is 0.717. The molecule has 2 atom stereocenters. The number of nitrogens with zero attached hydrogens (tertiary/aromatic N) is 6. The molecule has 3 heterocycles. The monoisotopic (exact) mass is 448 g/mol. The van der Waals surface area contributed by atoms with Crippen molar-refractivity contribution in [3.63, 3.8) is 0 Å². The van der Waals surface area contributed by atoms with E-state index in [2.05, 4.69) is 28.8 Å². The molecule has 170 valence electrons. The number of carbonyl (C=O) groups excluding carboxylic acids is 2. The van der Waals surface area contributed by atoms with E-state index >= 15 is 0 Å². The summed E-state index contributed by atoms with van der Waals surface area (Å²) in [6, 6.07) is 8.26. The summed E-state index contributed by atoms with van der Waals surface area (Å²) >= 11 is 0. The number of anilines is 1. The molecule has 2 aromatic rings. The van der Waals surface area contributed by atoms with Crippen molar-refractivity contribution < 1.29 is 14.0 Å². The first-order valence-corrected chi connectivity index (χ1v) is 10.9. The Morgan fingerprint density at radius 2 is 2.06 bits per heavy atom. The minimum Gasteiger partial charge on any atom is -0.336 e. The van der Waals surface area contributed by atoms with Gasteiger partial charge in [-0.1, -0.05) is 13.0 Å². The molecular formula is C24H25FN6O2. The number of piperazine rings is 1. The van der Waals surface area contributed by atoms with E-state index < -0.39 is 11.7 Å². The second-order valence-corrected chi connectivity index (χ2v) is 8.28. The zero-order valence-electron chi connectivity index (χ0n) is 18.8. The van der Waals surface area contributed by atoms with Crippen molar-refractivity contribution in [1.29, 1.82) is 5.26 Å². The van der Waals surface area contributed by atoms with E-state index in [1.807, 2.05) is 4.90 Å². The van der Waals surface area contributed by atoms with Crippen LogP contribution in [-0.4, -0.2) is 65.0 Å². The lowest BCUT2D eigenvalue weighted by Gasteiger charge is -2.39. The molecule has 2 amide bonds. The zero-order chi connectivity index (χ0) is 23.7. The number of carbonyl (C=O) groups is 2. The maximum absolute atomic E-state index is 14.4.